The molecule has 1 aromatic carbocycles. The number of aromatic nitrogens is 2. The number of piperazine rings is 2. The molecule has 2 fully saturated rings. The fourth-order valence-electron chi connectivity index (χ4n) is 4.53. The first kappa shape index (κ1) is 23.1. The van der Waals surface area contributed by atoms with Gasteiger partial charge in [0, 0.05) is 71.4 Å². The Labute approximate surface area is 195 Å². The highest BCUT2D eigenvalue weighted by Gasteiger charge is 2.23. The molecule has 0 unspecified atom stereocenters. The molecule has 2 aromatic rings. The summed E-state index contributed by atoms with van der Waals surface area (Å²) in [6.07, 6.45) is 1.46. The monoisotopic (exact) mass is 454 g/mol. The number of para-hydroxylation sites is 2. The van der Waals surface area contributed by atoms with Gasteiger partial charge in [-0.1, -0.05) is 19.1 Å². The van der Waals surface area contributed by atoms with E-state index in [4.69, 9.17) is 9.72 Å². The number of rotatable bonds is 7. The fourth-order valence-corrected chi connectivity index (χ4v) is 4.53. The van der Waals surface area contributed by atoms with Crippen molar-refractivity contribution in [3.8, 4) is 5.75 Å². The lowest BCUT2D eigenvalue weighted by Crippen LogP contribution is -2.49. The second-order valence-electron chi connectivity index (χ2n) is 8.61. The maximum absolute atomic E-state index is 12.3. The van der Waals surface area contributed by atoms with Crippen LogP contribution in [-0.2, 0) is 11.3 Å². The first-order chi connectivity index (χ1) is 16.1. The molecular weight excluding hydrogens is 420 g/mol. The number of H-pyrrole nitrogens is 1. The lowest BCUT2D eigenvalue weighted by atomic mass is 10.2. The topological polar surface area (TPSA) is 85.0 Å². The molecule has 2 aliphatic heterocycles. The van der Waals surface area contributed by atoms with E-state index in [9.17, 15) is 9.59 Å². The molecule has 0 bridgehead atoms. The van der Waals surface area contributed by atoms with Crippen LogP contribution >= 0.6 is 0 Å². The van der Waals surface area contributed by atoms with E-state index in [1.807, 2.05) is 30.0 Å². The van der Waals surface area contributed by atoms with E-state index in [2.05, 4.69) is 25.8 Å². The molecule has 33 heavy (non-hydrogen) atoms. The van der Waals surface area contributed by atoms with Crippen molar-refractivity contribution in [2.45, 2.75) is 26.3 Å². The quantitative estimate of drug-likeness (QED) is 0.679. The zero-order valence-electron chi connectivity index (χ0n) is 19.6. The molecule has 9 heteroatoms. The minimum atomic E-state index is -0.132. The standard InChI is InChI=1S/C24H34N6O3/c1-3-6-23(32)29-13-15-30(16-14-29)24-25-19(17-22(31)26-24)18-27-9-11-28(12-10-27)20-7-4-5-8-21(20)33-2/h4-5,7-8,17H,3,6,9-16,18H2,1-2H3,(H,25,26,31). The molecule has 2 saturated heterocycles. The lowest BCUT2D eigenvalue weighted by Gasteiger charge is -2.37. The first-order valence-electron chi connectivity index (χ1n) is 11.8. The van der Waals surface area contributed by atoms with E-state index in [-0.39, 0.29) is 11.5 Å². The normalized spacial score (nSPS) is 17.3. The summed E-state index contributed by atoms with van der Waals surface area (Å²) < 4.78 is 5.51. The van der Waals surface area contributed by atoms with Gasteiger partial charge in [-0.05, 0) is 18.6 Å². The Morgan fingerprint density at radius 2 is 1.73 bits per heavy atom. The summed E-state index contributed by atoms with van der Waals surface area (Å²) in [5, 5.41) is 0. The van der Waals surface area contributed by atoms with Crippen LogP contribution in [-0.4, -0.2) is 85.1 Å². The Morgan fingerprint density at radius 3 is 2.42 bits per heavy atom. The van der Waals surface area contributed by atoms with E-state index in [0.717, 1.165) is 49.7 Å². The molecule has 1 amide bonds. The summed E-state index contributed by atoms with van der Waals surface area (Å²) >= 11 is 0. The van der Waals surface area contributed by atoms with Crippen LogP contribution in [0.5, 0.6) is 5.75 Å². The van der Waals surface area contributed by atoms with Crippen molar-refractivity contribution < 1.29 is 9.53 Å². The maximum Gasteiger partial charge on any atom is 0.252 e. The molecule has 9 nitrogen and oxygen atoms in total. The molecule has 0 saturated carbocycles. The molecule has 1 aromatic heterocycles. The number of hydrogen-bond donors (Lipinski definition) is 1. The number of benzene rings is 1. The highest BCUT2D eigenvalue weighted by atomic mass is 16.5. The highest BCUT2D eigenvalue weighted by molar-refractivity contribution is 5.76. The molecule has 0 radical (unpaired) electrons. The fraction of sp³-hybridized carbons (Fsp3) is 0.542. The number of hydrogen-bond acceptors (Lipinski definition) is 7. The van der Waals surface area contributed by atoms with Crippen molar-refractivity contribution in [1.82, 2.24) is 19.8 Å². The van der Waals surface area contributed by atoms with E-state index in [1.165, 1.54) is 0 Å². The Balaban J connectivity index is 1.34. The summed E-state index contributed by atoms with van der Waals surface area (Å²) in [5.41, 5.74) is 1.77. The van der Waals surface area contributed by atoms with Crippen molar-refractivity contribution in [3.05, 3.63) is 46.4 Å². The van der Waals surface area contributed by atoms with Crippen molar-refractivity contribution >= 4 is 17.5 Å². The van der Waals surface area contributed by atoms with Crippen molar-refractivity contribution in [1.29, 1.82) is 0 Å². The molecule has 178 valence electrons. The number of amides is 1. The molecule has 3 heterocycles. The molecule has 2 aliphatic rings. The Kier molecular flexibility index (Phi) is 7.49. The van der Waals surface area contributed by atoms with Crippen LogP contribution in [0.4, 0.5) is 11.6 Å². The summed E-state index contributed by atoms with van der Waals surface area (Å²) in [5.74, 6) is 1.70. The number of ether oxygens (including phenoxy) is 1. The van der Waals surface area contributed by atoms with Gasteiger partial charge in [0.15, 0.2) is 0 Å². The maximum atomic E-state index is 12.3. The van der Waals surface area contributed by atoms with Gasteiger partial charge in [0.05, 0.1) is 18.5 Å². The zero-order valence-corrected chi connectivity index (χ0v) is 19.6. The Hall–Kier alpha value is -3.07. The number of aromatic amines is 1. The average molecular weight is 455 g/mol. The Morgan fingerprint density at radius 1 is 1.03 bits per heavy atom. The van der Waals surface area contributed by atoms with Crippen LogP contribution < -0.4 is 20.1 Å². The minimum Gasteiger partial charge on any atom is -0.495 e. The van der Waals surface area contributed by atoms with Crippen LogP contribution in [0.1, 0.15) is 25.5 Å². The van der Waals surface area contributed by atoms with Gasteiger partial charge in [0.2, 0.25) is 11.9 Å². The predicted octanol–water partition coefficient (Wildman–Crippen LogP) is 1.55. The molecule has 0 spiro atoms. The van der Waals surface area contributed by atoms with Crippen LogP contribution in [0.25, 0.3) is 0 Å². The Bertz CT molecular complexity index is 994. The predicted molar refractivity (Wildman–Crippen MR) is 129 cm³/mol. The van der Waals surface area contributed by atoms with Gasteiger partial charge in [-0.15, -0.1) is 0 Å². The van der Waals surface area contributed by atoms with Crippen molar-refractivity contribution in [2.75, 3.05) is 69.3 Å². The minimum absolute atomic E-state index is 0.132. The number of carbonyl (C=O) groups excluding carboxylic acids is 1. The van der Waals surface area contributed by atoms with E-state index < -0.39 is 0 Å². The summed E-state index contributed by atoms with van der Waals surface area (Å²) in [7, 11) is 1.70. The summed E-state index contributed by atoms with van der Waals surface area (Å²) in [4.78, 5) is 40.8. The van der Waals surface area contributed by atoms with Gasteiger partial charge < -0.3 is 19.4 Å². The van der Waals surface area contributed by atoms with Crippen molar-refractivity contribution in [2.24, 2.45) is 0 Å². The van der Waals surface area contributed by atoms with Crippen LogP contribution in [0.15, 0.2) is 35.1 Å². The van der Waals surface area contributed by atoms with Gasteiger partial charge in [0.25, 0.3) is 5.56 Å². The number of carbonyl (C=O) groups is 1. The van der Waals surface area contributed by atoms with E-state index >= 15 is 0 Å². The van der Waals surface area contributed by atoms with E-state index in [1.54, 1.807) is 13.2 Å². The molecule has 4 rings (SSSR count). The van der Waals surface area contributed by atoms with Gasteiger partial charge in [-0.25, -0.2) is 4.98 Å². The average Bonchev–Trinajstić information content (AvgIpc) is 2.84. The second-order valence-corrected chi connectivity index (χ2v) is 8.61. The van der Waals surface area contributed by atoms with Gasteiger partial charge in [0.1, 0.15) is 5.75 Å². The lowest BCUT2D eigenvalue weighted by molar-refractivity contribution is -0.131. The second kappa shape index (κ2) is 10.7. The van der Waals surface area contributed by atoms with Gasteiger partial charge in [-0.2, -0.15) is 0 Å². The summed E-state index contributed by atoms with van der Waals surface area (Å²) in [6, 6.07) is 9.69. The number of methoxy groups -OCH3 is 1. The van der Waals surface area contributed by atoms with Gasteiger partial charge in [-0.3, -0.25) is 19.5 Å². The molecule has 0 atom stereocenters. The summed E-state index contributed by atoms with van der Waals surface area (Å²) in [6.45, 7) is 8.92. The van der Waals surface area contributed by atoms with Crippen molar-refractivity contribution in [3.63, 3.8) is 0 Å². The number of anilines is 2. The van der Waals surface area contributed by atoms with E-state index in [0.29, 0.717) is 45.1 Å². The number of nitrogens with one attached hydrogen (secondary N) is 1. The van der Waals surface area contributed by atoms with Crippen LogP contribution in [0, 0.1) is 0 Å². The third-order valence-corrected chi connectivity index (χ3v) is 6.36. The van der Waals surface area contributed by atoms with Crippen LogP contribution in [0.3, 0.4) is 0 Å². The van der Waals surface area contributed by atoms with Crippen LogP contribution in [0.2, 0.25) is 0 Å². The van der Waals surface area contributed by atoms with Gasteiger partial charge >= 0.3 is 0 Å². The molecular formula is C24H34N6O3. The molecule has 1 N–H and O–H groups in total. The highest BCUT2D eigenvalue weighted by Crippen LogP contribution is 2.28. The largest absolute Gasteiger partial charge is 0.495 e. The molecule has 0 aliphatic carbocycles. The first-order valence-corrected chi connectivity index (χ1v) is 11.8. The third kappa shape index (κ3) is 5.65. The SMILES string of the molecule is CCCC(=O)N1CCN(c2nc(CN3CCN(c4ccccc4OC)CC3)cc(=O)[nH]2)CC1. The number of nitrogens with zero attached hydrogens (tertiary/aromatic N) is 5. The zero-order chi connectivity index (χ0) is 23.2. The third-order valence-electron chi connectivity index (χ3n) is 6.36. The smallest absolute Gasteiger partial charge is 0.252 e.